The molecule has 86 valence electrons. The van der Waals surface area contributed by atoms with Crippen LogP contribution < -0.4 is 5.32 Å². The standard InChI is InChI=1S/C11H20N2O2/c1-2-3-4-7-12-11(15)10-6-5-8-13(10)9-14/h9-10H,2-8H2,1H3,(H,12,15). The zero-order valence-electron chi connectivity index (χ0n) is 9.37. The van der Waals surface area contributed by atoms with Crippen molar-refractivity contribution in [1.29, 1.82) is 0 Å². The number of unbranched alkanes of at least 4 members (excludes halogenated alkanes) is 2. The normalized spacial score (nSPS) is 20.3. The van der Waals surface area contributed by atoms with Gasteiger partial charge in [-0.25, -0.2) is 0 Å². The highest BCUT2D eigenvalue weighted by Crippen LogP contribution is 2.14. The third kappa shape index (κ3) is 3.53. The summed E-state index contributed by atoms with van der Waals surface area (Å²) >= 11 is 0. The number of carbonyl (C=O) groups is 2. The SMILES string of the molecule is CCCCCNC(=O)C1CCCN1C=O. The molecule has 1 aliphatic heterocycles. The van der Waals surface area contributed by atoms with Crippen LogP contribution in [0.2, 0.25) is 0 Å². The van der Waals surface area contributed by atoms with Gasteiger partial charge in [0.2, 0.25) is 12.3 Å². The quantitative estimate of drug-likeness (QED) is 0.525. The molecular formula is C11H20N2O2. The molecule has 0 aromatic carbocycles. The van der Waals surface area contributed by atoms with E-state index in [2.05, 4.69) is 12.2 Å². The Bertz CT molecular complexity index is 219. The molecule has 0 aliphatic carbocycles. The summed E-state index contributed by atoms with van der Waals surface area (Å²) in [5.41, 5.74) is 0. The van der Waals surface area contributed by atoms with Crippen molar-refractivity contribution in [3.8, 4) is 0 Å². The van der Waals surface area contributed by atoms with Crippen LogP contribution in [0.5, 0.6) is 0 Å². The van der Waals surface area contributed by atoms with Gasteiger partial charge in [-0.2, -0.15) is 0 Å². The molecular weight excluding hydrogens is 192 g/mol. The Kier molecular flexibility index (Phi) is 5.15. The maximum absolute atomic E-state index is 11.7. The molecule has 0 aromatic rings. The molecule has 0 radical (unpaired) electrons. The lowest BCUT2D eigenvalue weighted by Crippen LogP contribution is -2.42. The fourth-order valence-corrected chi connectivity index (χ4v) is 1.90. The van der Waals surface area contributed by atoms with E-state index in [0.29, 0.717) is 0 Å². The predicted octanol–water partition coefficient (Wildman–Crippen LogP) is 0.914. The van der Waals surface area contributed by atoms with Crippen molar-refractivity contribution in [1.82, 2.24) is 10.2 Å². The Morgan fingerprint density at radius 2 is 2.33 bits per heavy atom. The number of carbonyl (C=O) groups excluding carboxylic acids is 2. The van der Waals surface area contributed by atoms with Crippen molar-refractivity contribution >= 4 is 12.3 Å². The van der Waals surface area contributed by atoms with Gasteiger partial charge in [0.05, 0.1) is 0 Å². The molecule has 0 spiro atoms. The molecule has 1 fully saturated rings. The van der Waals surface area contributed by atoms with Gasteiger partial charge in [-0.1, -0.05) is 19.8 Å². The highest BCUT2D eigenvalue weighted by Gasteiger charge is 2.28. The summed E-state index contributed by atoms with van der Waals surface area (Å²) in [6, 6.07) is -0.218. The molecule has 1 saturated heterocycles. The first-order chi connectivity index (χ1) is 7.29. The number of hydrogen-bond donors (Lipinski definition) is 1. The third-order valence-corrected chi connectivity index (χ3v) is 2.81. The van der Waals surface area contributed by atoms with E-state index in [1.54, 1.807) is 4.90 Å². The number of likely N-dealkylation sites (tertiary alicyclic amines) is 1. The molecule has 15 heavy (non-hydrogen) atoms. The Morgan fingerprint density at radius 1 is 1.53 bits per heavy atom. The fraction of sp³-hybridized carbons (Fsp3) is 0.818. The molecule has 2 amide bonds. The second kappa shape index (κ2) is 6.43. The van der Waals surface area contributed by atoms with Crippen molar-refractivity contribution in [2.45, 2.75) is 45.1 Å². The van der Waals surface area contributed by atoms with Crippen LogP contribution in [0.4, 0.5) is 0 Å². The Balaban J connectivity index is 2.24. The van der Waals surface area contributed by atoms with E-state index in [0.717, 1.165) is 51.6 Å². The molecule has 1 aliphatic rings. The van der Waals surface area contributed by atoms with Crippen molar-refractivity contribution in [3.05, 3.63) is 0 Å². The van der Waals surface area contributed by atoms with Crippen LogP contribution in [-0.4, -0.2) is 36.3 Å². The van der Waals surface area contributed by atoms with Crippen molar-refractivity contribution < 1.29 is 9.59 Å². The van der Waals surface area contributed by atoms with E-state index in [4.69, 9.17) is 0 Å². The van der Waals surface area contributed by atoms with E-state index in [1.165, 1.54) is 0 Å². The van der Waals surface area contributed by atoms with Gasteiger partial charge >= 0.3 is 0 Å². The third-order valence-electron chi connectivity index (χ3n) is 2.81. The minimum absolute atomic E-state index is 0.00991. The van der Waals surface area contributed by atoms with Crippen molar-refractivity contribution in [2.75, 3.05) is 13.1 Å². The molecule has 4 nitrogen and oxygen atoms in total. The van der Waals surface area contributed by atoms with E-state index in [1.807, 2.05) is 0 Å². The first-order valence-corrected chi connectivity index (χ1v) is 5.78. The van der Waals surface area contributed by atoms with Gasteiger partial charge in [0, 0.05) is 13.1 Å². The van der Waals surface area contributed by atoms with Crippen LogP contribution in [0.1, 0.15) is 39.0 Å². The monoisotopic (exact) mass is 212 g/mol. The van der Waals surface area contributed by atoms with E-state index in [9.17, 15) is 9.59 Å². The highest BCUT2D eigenvalue weighted by atomic mass is 16.2. The zero-order valence-corrected chi connectivity index (χ0v) is 9.37. The van der Waals surface area contributed by atoms with Gasteiger partial charge in [0.15, 0.2) is 0 Å². The summed E-state index contributed by atoms with van der Waals surface area (Å²) in [6.07, 6.45) is 5.84. The summed E-state index contributed by atoms with van der Waals surface area (Å²) in [4.78, 5) is 23.9. The van der Waals surface area contributed by atoms with Gasteiger partial charge in [0.25, 0.3) is 0 Å². The number of amides is 2. The van der Waals surface area contributed by atoms with Crippen LogP contribution in [0.25, 0.3) is 0 Å². The molecule has 1 atom stereocenters. The predicted molar refractivity (Wildman–Crippen MR) is 58.3 cm³/mol. The molecule has 1 N–H and O–H groups in total. The Hall–Kier alpha value is -1.06. The average Bonchev–Trinajstić information content (AvgIpc) is 2.72. The summed E-state index contributed by atoms with van der Waals surface area (Å²) in [7, 11) is 0. The van der Waals surface area contributed by atoms with Gasteiger partial charge in [0.1, 0.15) is 6.04 Å². The molecule has 0 bridgehead atoms. The molecule has 4 heteroatoms. The lowest BCUT2D eigenvalue weighted by molar-refractivity contribution is -0.131. The molecule has 1 unspecified atom stereocenters. The first kappa shape index (κ1) is 12.0. The summed E-state index contributed by atoms with van der Waals surface area (Å²) in [5, 5.41) is 2.88. The fourth-order valence-electron chi connectivity index (χ4n) is 1.90. The number of nitrogens with one attached hydrogen (secondary N) is 1. The second-order valence-electron chi connectivity index (χ2n) is 4.00. The summed E-state index contributed by atoms with van der Waals surface area (Å²) < 4.78 is 0. The summed E-state index contributed by atoms with van der Waals surface area (Å²) in [6.45, 7) is 3.58. The zero-order chi connectivity index (χ0) is 11.1. The van der Waals surface area contributed by atoms with Gasteiger partial charge in [-0.05, 0) is 19.3 Å². The van der Waals surface area contributed by atoms with Crippen molar-refractivity contribution in [3.63, 3.8) is 0 Å². The molecule has 0 aromatic heterocycles. The first-order valence-electron chi connectivity index (χ1n) is 5.78. The maximum Gasteiger partial charge on any atom is 0.242 e. The highest BCUT2D eigenvalue weighted by molar-refractivity contribution is 5.83. The lowest BCUT2D eigenvalue weighted by Gasteiger charge is -2.18. The maximum atomic E-state index is 11.7. The Labute approximate surface area is 91.0 Å². The second-order valence-corrected chi connectivity index (χ2v) is 4.00. The van der Waals surface area contributed by atoms with E-state index >= 15 is 0 Å². The van der Waals surface area contributed by atoms with E-state index in [-0.39, 0.29) is 11.9 Å². The smallest absolute Gasteiger partial charge is 0.242 e. The largest absolute Gasteiger partial charge is 0.354 e. The average molecular weight is 212 g/mol. The van der Waals surface area contributed by atoms with Gasteiger partial charge in [-0.3, -0.25) is 9.59 Å². The van der Waals surface area contributed by atoms with Crippen LogP contribution in [0, 0.1) is 0 Å². The van der Waals surface area contributed by atoms with E-state index < -0.39 is 0 Å². The van der Waals surface area contributed by atoms with Gasteiger partial charge < -0.3 is 10.2 Å². The van der Waals surface area contributed by atoms with Crippen LogP contribution in [0.3, 0.4) is 0 Å². The minimum atomic E-state index is -0.218. The topological polar surface area (TPSA) is 49.4 Å². The molecule has 1 heterocycles. The molecule has 0 saturated carbocycles. The van der Waals surface area contributed by atoms with Crippen molar-refractivity contribution in [2.24, 2.45) is 0 Å². The van der Waals surface area contributed by atoms with Crippen LogP contribution in [-0.2, 0) is 9.59 Å². The number of rotatable bonds is 6. The van der Waals surface area contributed by atoms with Crippen LogP contribution in [0.15, 0.2) is 0 Å². The van der Waals surface area contributed by atoms with Crippen LogP contribution >= 0.6 is 0 Å². The van der Waals surface area contributed by atoms with Gasteiger partial charge in [-0.15, -0.1) is 0 Å². The minimum Gasteiger partial charge on any atom is -0.354 e. The number of nitrogens with zero attached hydrogens (tertiary/aromatic N) is 1. The molecule has 1 rings (SSSR count). The Morgan fingerprint density at radius 3 is 3.00 bits per heavy atom. The number of hydrogen-bond acceptors (Lipinski definition) is 2. The lowest BCUT2D eigenvalue weighted by atomic mass is 10.2. The summed E-state index contributed by atoms with van der Waals surface area (Å²) in [5.74, 6) is 0.00991.